The Bertz CT molecular complexity index is 1110. The van der Waals surface area contributed by atoms with E-state index in [2.05, 4.69) is 10.3 Å². The van der Waals surface area contributed by atoms with Crippen molar-refractivity contribution in [1.82, 2.24) is 10.3 Å². The van der Waals surface area contributed by atoms with Crippen molar-refractivity contribution in [2.45, 2.75) is 38.5 Å². The minimum atomic E-state index is -0.484. The van der Waals surface area contributed by atoms with E-state index in [1.54, 1.807) is 36.5 Å². The van der Waals surface area contributed by atoms with Crippen LogP contribution in [-0.4, -0.2) is 29.2 Å². The molecule has 3 aromatic rings. The van der Waals surface area contributed by atoms with Gasteiger partial charge in [0.2, 0.25) is 0 Å². The van der Waals surface area contributed by atoms with E-state index in [4.69, 9.17) is 9.47 Å². The third kappa shape index (κ3) is 4.73. The molecule has 166 valence electrons. The Balaban J connectivity index is 1.60. The number of benzene rings is 2. The number of hydrogen-bond acceptors (Lipinski definition) is 5. The molecule has 4 rings (SSSR count). The van der Waals surface area contributed by atoms with Crippen LogP contribution in [0.4, 0.5) is 4.39 Å². The van der Waals surface area contributed by atoms with Gasteiger partial charge in [0.1, 0.15) is 5.75 Å². The zero-order valence-electron chi connectivity index (χ0n) is 17.8. The Labute approximate surface area is 186 Å². The minimum absolute atomic E-state index is 0.103. The van der Waals surface area contributed by atoms with Gasteiger partial charge in [-0.15, -0.1) is 0 Å². The van der Waals surface area contributed by atoms with Crippen LogP contribution >= 0.6 is 0 Å². The second kappa shape index (κ2) is 9.78. The fourth-order valence-corrected chi connectivity index (χ4v) is 3.55. The third-order valence-corrected chi connectivity index (χ3v) is 5.57. The van der Waals surface area contributed by atoms with Gasteiger partial charge in [0.15, 0.2) is 11.6 Å². The highest BCUT2D eigenvalue weighted by molar-refractivity contribution is 5.98. The molecule has 0 radical (unpaired) electrons. The normalized spacial score (nSPS) is 13.3. The van der Waals surface area contributed by atoms with E-state index >= 15 is 0 Å². The summed E-state index contributed by atoms with van der Waals surface area (Å²) < 4.78 is 25.0. The summed E-state index contributed by atoms with van der Waals surface area (Å²) in [7, 11) is 1.40. The largest absolute Gasteiger partial charge is 0.494 e. The van der Waals surface area contributed by atoms with Gasteiger partial charge in [0.05, 0.1) is 31.1 Å². The summed E-state index contributed by atoms with van der Waals surface area (Å²) in [6, 6.07) is 13.4. The van der Waals surface area contributed by atoms with Crippen LogP contribution in [0.5, 0.6) is 11.5 Å². The van der Waals surface area contributed by atoms with E-state index in [1.165, 1.54) is 19.2 Å². The quantitative estimate of drug-likeness (QED) is 0.552. The molecule has 0 bridgehead atoms. The van der Waals surface area contributed by atoms with Crippen molar-refractivity contribution in [2.75, 3.05) is 7.11 Å². The summed E-state index contributed by atoms with van der Waals surface area (Å²) in [5.41, 5.74) is 2.97. The van der Waals surface area contributed by atoms with Crippen LogP contribution in [0, 0.1) is 5.82 Å². The molecule has 1 aliphatic rings. The van der Waals surface area contributed by atoms with E-state index in [-0.39, 0.29) is 30.9 Å². The smallest absolute Gasteiger partial charge is 0.255 e. The highest BCUT2D eigenvalue weighted by atomic mass is 19.1. The van der Waals surface area contributed by atoms with Crippen molar-refractivity contribution < 1.29 is 23.8 Å². The molecule has 1 fully saturated rings. The van der Waals surface area contributed by atoms with Gasteiger partial charge < -0.3 is 19.9 Å². The molecule has 0 spiro atoms. The second-order valence-electron chi connectivity index (χ2n) is 7.70. The van der Waals surface area contributed by atoms with Crippen LogP contribution in [0.1, 0.15) is 40.7 Å². The lowest BCUT2D eigenvalue weighted by molar-refractivity contribution is 0.0925. The van der Waals surface area contributed by atoms with E-state index < -0.39 is 5.82 Å². The van der Waals surface area contributed by atoms with Crippen molar-refractivity contribution in [3.05, 3.63) is 77.2 Å². The number of nitrogens with zero attached hydrogens (tertiary/aromatic N) is 1. The maximum Gasteiger partial charge on any atom is 0.255 e. The predicted molar refractivity (Wildman–Crippen MR) is 118 cm³/mol. The standard InChI is InChI=1S/C25H25FN2O4/c1-31-23-9-7-16(12-21(23)26)14-28-25(30)20-13-17(24-18(15-29)4-3-11-27-24)8-10-22(20)32-19-5-2-6-19/h3-4,7-13,19,29H,2,5-6,14-15H2,1H3,(H,28,30). The van der Waals surface area contributed by atoms with Gasteiger partial charge >= 0.3 is 0 Å². The van der Waals surface area contributed by atoms with E-state index in [0.29, 0.717) is 33.7 Å². The number of nitrogens with one attached hydrogen (secondary N) is 1. The molecule has 2 aromatic carbocycles. The van der Waals surface area contributed by atoms with Crippen molar-refractivity contribution in [3.63, 3.8) is 0 Å². The summed E-state index contributed by atoms with van der Waals surface area (Å²) >= 11 is 0. The molecule has 1 aliphatic carbocycles. The number of aliphatic hydroxyl groups excluding tert-OH is 1. The zero-order chi connectivity index (χ0) is 22.5. The van der Waals surface area contributed by atoms with E-state index in [0.717, 1.165) is 19.3 Å². The van der Waals surface area contributed by atoms with Crippen LogP contribution in [0.3, 0.4) is 0 Å². The molecule has 32 heavy (non-hydrogen) atoms. The second-order valence-corrected chi connectivity index (χ2v) is 7.70. The number of methoxy groups -OCH3 is 1. The first kappa shape index (κ1) is 21.8. The summed E-state index contributed by atoms with van der Waals surface area (Å²) in [5.74, 6) is -0.168. The Morgan fingerprint density at radius 3 is 2.69 bits per heavy atom. The lowest BCUT2D eigenvalue weighted by Gasteiger charge is -2.27. The fraction of sp³-hybridized carbons (Fsp3) is 0.280. The van der Waals surface area contributed by atoms with Crippen LogP contribution < -0.4 is 14.8 Å². The summed E-state index contributed by atoms with van der Waals surface area (Å²) in [4.78, 5) is 17.5. The third-order valence-electron chi connectivity index (χ3n) is 5.57. The molecule has 0 aliphatic heterocycles. The Morgan fingerprint density at radius 1 is 1.19 bits per heavy atom. The van der Waals surface area contributed by atoms with Crippen molar-refractivity contribution >= 4 is 5.91 Å². The van der Waals surface area contributed by atoms with Gasteiger partial charge in [0.25, 0.3) is 5.91 Å². The fourth-order valence-electron chi connectivity index (χ4n) is 3.55. The Morgan fingerprint density at radius 2 is 2.00 bits per heavy atom. The molecule has 7 heteroatoms. The van der Waals surface area contributed by atoms with Gasteiger partial charge in [-0.25, -0.2) is 4.39 Å². The first-order valence-electron chi connectivity index (χ1n) is 10.6. The molecule has 6 nitrogen and oxygen atoms in total. The molecule has 0 atom stereocenters. The molecule has 2 N–H and O–H groups in total. The molecule has 1 saturated carbocycles. The number of halogens is 1. The molecular formula is C25H25FN2O4. The number of pyridine rings is 1. The van der Waals surface area contributed by atoms with Crippen LogP contribution in [0.15, 0.2) is 54.7 Å². The average Bonchev–Trinajstić information content (AvgIpc) is 2.80. The first-order chi connectivity index (χ1) is 15.6. The van der Waals surface area contributed by atoms with Crippen LogP contribution in [-0.2, 0) is 13.2 Å². The number of carbonyl (C=O) groups is 1. The Hall–Kier alpha value is -3.45. The van der Waals surface area contributed by atoms with Crippen molar-refractivity contribution in [3.8, 4) is 22.8 Å². The van der Waals surface area contributed by atoms with Gasteiger partial charge in [0, 0.05) is 23.9 Å². The number of carbonyl (C=O) groups excluding carboxylic acids is 1. The molecule has 1 heterocycles. The van der Waals surface area contributed by atoms with Gasteiger partial charge in [-0.2, -0.15) is 0 Å². The average molecular weight is 436 g/mol. The number of amides is 1. The van der Waals surface area contributed by atoms with Crippen LogP contribution in [0.2, 0.25) is 0 Å². The first-order valence-corrected chi connectivity index (χ1v) is 10.6. The van der Waals surface area contributed by atoms with E-state index in [1.807, 2.05) is 6.07 Å². The zero-order valence-corrected chi connectivity index (χ0v) is 17.8. The van der Waals surface area contributed by atoms with Crippen molar-refractivity contribution in [2.24, 2.45) is 0 Å². The number of ether oxygens (including phenoxy) is 2. The molecule has 0 unspecified atom stereocenters. The maximum atomic E-state index is 14.0. The molecule has 0 saturated heterocycles. The van der Waals surface area contributed by atoms with Gasteiger partial charge in [-0.1, -0.05) is 12.1 Å². The highest BCUT2D eigenvalue weighted by Gasteiger charge is 2.23. The number of aromatic nitrogens is 1. The number of rotatable bonds is 8. The lowest BCUT2D eigenvalue weighted by atomic mass is 9.96. The van der Waals surface area contributed by atoms with Crippen LogP contribution in [0.25, 0.3) is 11.3 Å². The summed E-state index contributed by atoms with van der Waals surface area (Å²) in [6.07, 6.45) is 4.78. The topological polar surface area (TPSA) is 80.7 Å². The SMILES string of the molecule is COc1ccc(CNC(=O)c2cc(-c3ncccc3CO)ccc2OC2CCC2)cc1F. The van der Waals surface area contributed by atoms with Gasteiger partial charge in [-0.3, -0.25) is 9.78 Å². The van der Waals surface area contributed by atoms with E-state index in [9.17, 15) is 14.3 Å². The summed E-state index contributed by atoms with van der Waals surface area (Å²) in [5, 5.41) is 12.5. The Kier molecular flexibility index (Phi) is 6.66. The van der Waals surface area contributed by atoms with Crippen molar-refractivity contribution in [1.29, 1.82) is 0 Å². The minimum Gasteiger partial charge on any atom is -0.494 e. The van der Waals surface area contributed by atoms with Gasteiger partial charge in [-0.05, 0) is 61.2 Å². The summed E-state index contributed by atoms with van der Waals surface area (Å²) in [6.45, 7) is -0.00756. The number of aliphatic hydroxyl groups is 1. The monoisotopic (exact) mass is 436 g/mol. The highest BCUT2D eigenvalue weighted by Crippen LogP contribution is 2.31. The predicted octanol–water partition coefficient (Wildman–Crippen LogP) is 4.25. The molecule has 1 amide bonds. The maximum absolute atomic E-state index is 14.0. The lowest BCUT2D eigenvalue weighted by Crippen LogP contribution is -2.28. The molecular weight excluding hydrogens is 411 g/mol. The molecule has 1 aromatic heterocycles. The number of hydrogen-bond donors (Lipinski definition) is 2.